The van der Waals surface area contributed by atoms with E-state index in [0.717, 1.165) is 0 Å². The van der Waals surface area contributed by atoms with Crippen molar-refractivity contribution in [2.45, 2.75) is 40.2 Å². The highest BCUT2D eigenvalue weighted by Crippen LogP contribution is 2.22. The van der Waals surface area contributed by atoms with Crippen LogP contribution in [0.3, 0.4) is 0 Å². The Morgan fingerprint density at radius 1 is 1.19 bits per heavy atom. The van der Waals surface area contributed by atoms with Gasteiger partial charge in [-0.3, -0.25) is 14.4 Å². The highest BCUT2D eigenvalue weighted by Gasteiger charge is 2.27. The minimum absolute atomic E-state index is 0. The van der Waals surface area contributed by atoms with Crippen LogP contribution < -0.4 is 11.0 Å². The van der Waals surface area contributed by atoms with Crippen LogP contribution in [-0.4, -0.2) is 19.9 Å². The van der Waals surface area contributed by atoms with Crippen molar-refractivity contribution in [3.8, 4) is 5.75 Å². The molecule has 0 spiro atoms. The van der Waals surface area contributed by atoms with Crippen molar-refractivity contribution in [3.63, 3.8) is 0 Å². The van der Waals surface area contributed by atoms with Gasteiger partial charge in [-0.1, -0.05) is 38.4 Å². The van der Waals surface area contributed by atoms with E-state index in [-0.39, 0.29) is 30.0 Å². The van der Waals surface area contributed by atoms with Gasteiger partial charge in [0, 0.05) is 41.1 Å². The predicted octanol–water partition coefficient (Wildman–Crippen LogP) is 4.24. The largest absolute Gasteiger partial charge is 0.503 e. The van der Waals surface area contributed by atoms with Crippen LogP contribution in [0.4, 0.5) is 4.39 Å². The molecule has 0 aliphatic carbocycles. The number of hydrogen-bond acceptors (Lipinski definition) is 4. The summed E-state index contributed by atoms with van der Waals surface area (Å²) in [7, 11) is 0. The number of pyridine rings is 1. The number of fused-ring (bicyclic) bond motifs is 1. The molecule has 0 saturated heterocycles. The normalized spacial score (nSPS) is 11.4. The summed E-state index contributed by atoms with van der Waals surface area (Å²) < 4.78 is 16.5. The fraction of sp³-hybridized carbons (Fsp3) is 0.318. The van der Waals surface area contributed by atoms with Crippen LogP contribution in [0.15, 0.2) is 46.4 Å². The summed E-state index contributed by atoms with van der Waals surface area (Å²) in [5.74, 6) is -1.60. The molecule has 0 fully saturated rings. The summed E-state index contributed by atoms with van der Waals surface area (Å²) in [6, 6.07) is 4.45. The van der Waals surface area contributed by atoms with Gasteiger partial charge in [0.05, 0.1) is 5.56 Å². The van der Waals surface area contributed by atoms with Gasteiger partial charge in [0.1, 0.15) is 5.82 Å². The number of aryl methyl sites for hydroxylation is 1. The first-order chi connectivity index (χ1) is 14.0. The zero-order chi connectivity index (χ0) is 22.2. The highest BCUT2D eigenvalue weighted by molar-refractivity contribution is 6.31. The van der Waals surface area contributed by atoms with Gasteiger partial charge in [-0.05, 0) is 25.0 Å². The quantitative estimate of drug-likeness (QED) is 0.567. The van der Waals surface area contributed by atoms with Gasteiger partial charge in [0.25, 0.3) is 5.56 Å². The maximum absolute atomic E-state index is 13.9. The van der Waals surface area contributed by atoms with Crippen molar-refractivity contribution < 1.29 is 14.3 Å². The number of hydrogen-bond donors (Lipinski definition) is 1. The number of Topliss-reactive ketones (excluding diaryl/α,β-unsaturated/α-hetero) is 1. The zero-order valence-electron chi connectivity index (χ0n) is 17.3. The number of carbonyl (C=O) groups excluding carboxylic acids is 1. The van der Waals surface area contributed by atoms with Crippen molar-refractivity contribution in [1.82, 2.24) is 8.97 Å². The van der Waals surface area contributed by atoms with E-state index in [1.807, 2.05) is 0 Å². The number of nitrogens with zero attached hydrogens (tertiary/aromatic N) is 2. The van der Waals surface area contributed by atoms with E-state index in [1.54, 1.807) is 26.8 Å². The molecule has 166 valence electrons. The lowest BCUT2D eigenvalue weighted by Crippen LogP contribution is -2.29. The summed E-state index contributed by atoms with van der Waals surface area (Å²) in [5.41, 5.74) is -2.29. The Bertz CT molecular complexity index is 1240. The Kier molecular flexibility index (Phi) is 7.34. The SMILES string of the molecule is CC(C)(C)C(=O)c1cn2ccn(CCCc3c(F)cccc3Cl)c(=O)c2c(O)c1=O.Cl. The van der Waals surface area contributed by atoms with E-state index in [4.69, 9.17) is 11.6 Å². The molecule has 6 nitrogen and oxygen atoms in total. The lowest BCUT2D eigenvalue weighted by molar-refractivity contribution is 0.0856. The summed E-state index contributed by atoms with van der Waals surface area (Å²) in [4.78, 5) is 37.9. The molecular weight excluding hydrogens is 446 g/mol. The van der Waals surface area contributed by atoms with E-state index in [9.17, 15) is 23.9 Å². The summed E-state index contributed by atoms with van der Waals surface area (Å²) >= 11 is 6.02. The Labute approximate surface area is 189 Å². The van der Waals surface area contributed by atoms with Crippen molar-refractivity contribution in [2.75, 3.05) is 0 Å². The molecule has 0 amide bonds. The smallest absolute Gasteiger partial charge is 0.278 e. The van der Waals surface area contributed by atoms with Gasteiger partial charge in [-0.25, -0.2) is 4.39 Å². The fourth-order valence-electron chi connectivity index (χ4n) is 3.24. The molecule has 0 atom stereocenters. The molecule has 0 aliphatic rings. The molecule has 31 heavy (non-hydrogen) atoms. The van der Waals surface area contributed by atoms with Gasteiger partial charge in [0.15, 0.2) is 17.0 Å². The molecular formula is C22H23Cl2FN2O4. The molecule has 0 radical (unpaired) electrons. The topological polar surface area (TPSA) is 80.8 Å². The lowest BCUT2D eigenvalue weighted by atomic mass is 9.87. The van der Waals surface area contributed by atoms with Crippen molar-refractivity contribution in [2.24, 2.45) is 5.41 Å². The van der Waals surface area contributed by atoms with Crippen LogP contribution in [0.2, 0.25) is 5.02 Å². The second-order valence-electron chi connectivity index (χ2n) is 8.16. The van der Waals surface area contributed by atoms with Gasteiger partial charge >= 0.3 is 0 Å². The molecule has 2 aromatic heterocycles. The number of aromatic hydroxyl groups is 1. The number of ketones is 1. The molecule has 0 saturated carbocycles. The second kappa shape index (κ2) is 9.24. The Balaban J connectivity index is 0.00000341. The van der Waals surface area contributed by atoms with Gasteiger partial charge in [-0.15, -0.1) is 12.4 Å². The molecule has 0 bridgehead atoms. The highest BCUT2D eigenvalue weighted by atomic mass is 35.5. The number of rotatable bonds is 5. The monoisotopic (exact) mass is 468 g/mol. The number of carbonyl (C=O) groups is 1. The van der Waals surface area contributed by atoms with Gasteiger partial charge < -0.3 is 14.1 Å². The van der Waals surface area contributed by atoms with Gasteiger partial charge in [0.2, 0.25) is 5.43 Å². The Morgan fingerprint density at radius 3 is 2.48 bits per heavy atom. The van der Waals surface area contributed by atoms with E-state index in [1.165, 1.54) is 39.7 Å². The Morgan fingerprint density at radius 2 is 1.87 bits per heavy atom. The maximum atomic E-state index is 13.9. The van der Waals surface area contributed by atoms with E-state index in [2.05, 4.69) is 0 Å². The van der Waals surface area contributed by atoms with E-state index >= 15 is 0 Å². The third-order valence-corrected chi connectivity index (χ3v) is 5.25. The second-order valence-corrected chi connectivity index (χ2v) is 8.56. The van der Waals surface area contributed by atoms with Crippen LogP contribution in [0.1, 0.15) is 43.1 Å². The number of halogens is 3. The third-order valence-electron chi connectivity index (χ3n) is 4.89. The molecule has 0 unspecified atom stereocenters. The molecule has 0 aliphatic heterocycles. The number of aromatic nitrogens is 2. The third kappa shape index (κ3) is 4.83. The van der Waals surface area contributed by atoms with Crippen molar-refractivity contribution >= 4 is 35.3 Å². The van der Waals surface area contributed by atoms with E-state index in [0.29, 0.717) is 23.4 Å². The minimum atomic E-state index is -0.872. The molecule has 2 heterocycles. The number of benzene rings is 1. The van der Waals surface area contributed by atoms with Crippen LogP contribution >= 0.6 is 24.0 Å². The predicted molar refractivity (Wildman–Crippen MR) is 120 cm³/mol. The molecule has 3 aromatic rings. The lowest BCUT2D eigenvalue weighted by Gasteiger charge is -2.17. The first-order valence-electron chi connectivity index (χ1n) is 9.47. The average molecular weight is 469 g/mol. The summed E-state index contributed by atoms with van der Waals surface area (Å²) in [6.07, 6.45) is 5.00. The molecule has 1 aromatic carbocycles. The van der Waals surface area contributed by atoms with Crippen molar-refractivity contribution in [3.05, 3.63) is 79.3 Å². The van der Waals surface area contributed by atoms with Crippen LogP contribution in [-0.2, 0) is 13.0 Å². The molecule has 3 rings (SSSR count). The fourth-order valence-corrected chi connectivity index (χ4v) is 3.50. The van der Waals surface area contributed by atoms with Crippen LogP contribution in [0, 0.1) is 11.2 Å². The van der Waals surface area contributed by atoms with Crippen LogP contribution in [0.5, 0.6) is 5.75 Å². The van der Waals surface area contributed by atoms with E-state index < -0.39 is 33.8 Å². The minimum Gasteiger partial charge on any atom is -0.503 e. The zero-order valence-corrected chi connectivity index (χ0v) is 18.9. The first-order valence-corrected chi connectivity index (χ1v) is 9.85. The Hall–Kier alpha value is -2.64. The summed E-state index contributed by atoms with van der Waals surface area (Å²) in [5, 5.41) is 10.7. The standard InChI is InChI=1S/C22H22ClFN2O4.ClH/c1-22(2,3)20(29)14-12-26-11-10-25(21(30)17(26)19(28)18(14)27)9-5-6-13-15(23)7-4-8-16(13)24;/h4,7-8,10-12,28H,5-6,9H2,1-3H3;1H. The molecule has 1 N–H and O–H groups in total. The van der Waals surface area contributed by atoms with Crippen LogP contribution in [0.25, 0.3) is 5.52 Å². The van der Waals surface area contributed by atoms with Gasteiger partial charge in [-0.2, -0.15) is 0 Å². The van der Waals surface area contributed by atoms with Crippen molar-refractivity contribution in [1.29, 1.82) is 0 Å². The maximum Gasteiger partial charge on any atom is 0.278 e. The average Bonchev–Trinajstić information content (AvgIpc) is 2.67. The summed E-state index contributed by atoms with van der Waals surface area (Å²) in [6.45, 7) is 5.23. The molecule has 9 heteroatoms. The first kappa shape index (κ1) is 24.6.